The average Bonchev–Trinajstić information content (AvgIpc) is 2.70. The molecule has 0 spiro atoms. The summed E-state index contributed by atoms with van der Waals surface area (Å²) in [5.41, 5.74) is 3.57. The van der Waals surface area contributed by atoms with Crippen molar-refractivity contribution in [3.8, 4) is 0 Å². The molecule has 0 heterocycles. The number of nitrogens with zero attached hydrogens (tertiary/aromatic N) is 1. The van der Waals surface area contributed by atoms with Crippen molar-refractivity contribution < 1.29 is 9.59 Å². The van der Waals surface area contributed by atoms with Crippen molar-refractivity contribution in [3.05, 3.63) is 102 Å². The van der Waals surface area contributed by atoms with Crippen molar-refractivity contribution >= 4 is 17.5 Å². The minimum absolute atomic E-state index is 0.00246. The molecule has 142 valence electrons. The second kappa shape index (κ2) is 9.00. The molecule has 0 aliphatic heterocycles. The Balaban J connectivity index is 1.84. The number of hydrogen-bond donors (Lipinski definition) is 1. The SMILES string of the molecule is CC(=O)N(C)Cc1cccc(NC(=O)C(c2ccccc2)c2ccccc2)c1. The first-order chi connectivity index (χ1) is 13.5. The van der Waals surface area contributed by atoms with Gasteiger partial charge in [-0.15, -0.1) is 0 Å². The van der Waals surface area contributed by atoms with Gasteiger partial charge >= 0.3 is 0 Å². The molecule has 0 saturated heterocycles. The number of benzene rings is 3. The summed E-state index contributed by atoms with van der Waals surface area (Å²) in [6.07, 6.45) is 0. The molecule has 0 radical (unpaired) electrons. The van der Waals surface area contributed by atoms with Gasteiger partial charge in [0.1, 0.15) is 0 Å². The number of rotatable bonds is 6. The van der Waals surface area contributed by atoms with Crippen LogP contribution in [-0.4, -0.2) is 23.8 Å². The number of carbonyl (C=O) groups is 2. The van der Waals surface area contributed by atoms with Crippen LogP contribution in [0.1, 0.15) is 29.5 Å². The molecule has 4 heteroatoms. The lowest BCUT2D eigenvalue weighted by atomic mass is 9.90. The zero-order chi connectivity index (χ0) is 19.9. The fourth-order valence-corrected chi connectivity index (χ4v) is 3.13. The molecule has 0 aromatic heterocycles. The quantitative estimate of drug-likeness (QED) is 0.696. The highest BCUT2D eigenvalue weighted by Gasteiger charge is 2.22. The Bertz CT molecular complexity index is 900. The molecule has 0 unspecified atom stereocenters. The smallest absolute Gasteiger partial charge is 0.236 e. The number of hydrogen-bond acceptors (Lipinski definition) is 2. The Labute approximate surface area is 165 Å². The maximum Gasteiger partial charge on any atom is 0.236 e. The predicted molar refractivity (Wildman–Crippen MR) is 112 cm³/mol. The Hall–Kier alpha value is -3.40. The zero-order valence-corrected chi connectivity index (χ0v) is 16.1. The van der Waals surface area contributed by atoms with Gasteiger partial charge in [0.05, 0.1) is 5.92 Å². The van der Waals surface area contributed by atoms with Crippen molar-refractivity contribution in [3.63, 3.8) is 0 Å². The summed E-state index contributed by atoms with van der Waals surface area (Å²) in [6.45, 7) is 2.04. The molecule has 3 rings (SSSR count). The van der Waals surface area contributed by atoms with Crippen LogP contribution in [0.2, 0.25) is 0 Å². The summed E-state index contributed by atoms with van der Waals surface area (Å²) in [5.74, 6) is -0.483. The van der Waals surface area contributed by atoms with E-state index in [1.54, 1.807) is 11.9 Å². The molecule has 28 heavy (non-hydrogen) atoms. The molecule has 2 amide bonds. The first-order valence-electron chi connectivity index (χ1n) is 9.26. The third-order valence-corrected chi connectivity index (χ3v) is 4.68. The van der Waals surface area contributed by atoms with E-state index in [0.29, 0.717) is 6.54 Å². The molecule has 1 N–H and O–H groups in total. The first-order valence-corrected chi connectivity index (χ1v) is 9.26. The average molecular weight is 372 g/mol. The largest absolute Gasteiger partial charge is 0.342 e. The van der Waals surface area contributed by atoms with Gasteiger partial charge in [0.25, 0.3) is 0 Å². The van der Waals surface area contributed by atoms with Gasteiger partial charge in [0.15, 0.2) is 0 Å². The molecule has 0 atom stereocenters. The Morgan fingerprint density at radius 2 is 1.43 bits per heavy atom. The number of carbonyl (C=O) groups excluding carboxylic acids is 2. The van der Waals surface area contributed by atoms with Crippen LogP contribution in [0.25, 0.3) is 0 Å². The second-order valence-electron chi connectivity index (χ2n) is 6.82. The van der Waals surface area contributed by atoms with Gasteiger partial charge in [0.2, 0.25) is 11.8 Å². The summed E-state index contributed by atoms with van der Waals surface area (Å²) in [4.78, 5) is 26.3. The van der Waals surface area contributed by atoms with Gasteiger partial charge in [-0.05, 0) is 28.8 Å². The van der Waals surface area contributed by atoms with Gasteiger partial charge < -0.3 is 10.2 Å². The van der Waals surface area contributed by atoms with Gasteiger partial charge in [-0.1, -0.05) is 72.8 Å². The monoisotopic (exact) mass is 372 g/mol. The van der Waals surface area contributed by atoms with Crippen LogP contribution in [0.3, 0.4) is 0 Å². The lowest BCUT2D eigenvalue weighted by molar-refractivity contribution is -0.128. The molecule has 0 fully saturated rings. The van der Waals surface area contributed by atoms with E-state index in [1.807, 2.05) is 84.9 Å². The molecule has 0 saturated carbocycles. The third-order valence-electron chi connectivity index (χ3n) is 4.68. The lowest BCUT2D eigenvalue weighted by Crippen LogP contribution is -2.24. The summed E-state index contributed by atoms with van der Waals surface area (Å²) < 4.78 is 0. The molecule has 3 aromatic rings. The van der Waals surface area contributed by atoms with Crippen LogP contribution < -0.4 is 5.32 Å². The van der Waals surface area contributed by atoms with E-state index in [-0.39, 0.29) is 11.8 Å². The van der Waals surface area contributed by atoms with E-state index in [2.05, 4.69) is 5.32 Å². The fourth-order valence-electron chi connectivity index (χ4n) is 3.13. The van der Waals surface area contributed by atoms with Crippen LogP contribution in [0.5, 0.6) is 0 Å². The molecular weight excluding hydrogens is 348 g/mol. The molecular formula is C24H24N2O2. The summed E-state index contributed by atoms with van der Waals surface area (Å²) in [5, 5.41) is 3.04. The van der Waals surface area contributed by atoms with E-state index < -0.39 is 5.92 Å². The number of amides is 2. The van der Waals surface area contributed by atoms with Crippen molar-refractivity contribution in [2.24, 2.45) is 0 Å². The minimum Gasteiger partial charge on any atom is -0.342 e. The second-order valence-corrected chi connectivity index (χ2v) is 6.82. The summed E-state index contributed by atoms with van der Waals surface area (Å²) >= 11 is 0. The topological polar surface area (TPSA) is 49.4 Å². The highest BCUT2D eigenvalue weighted by atomic mass is 16.2. The normalized spacial score (nSPS) is 10.5. The Kier molecular flexibility index (Phi) is 6.22. The van der Waals surface area contributed by atoms with Gasteiger partial charge in [-0.3, -0.25) is 9.59 Å². The molecule has 0 bridgehead atoms. The summed E-state index contributed by atoms with van der Waals surface area (Å²) in [6, 6.07) is 27.1. The predicted octanol–water partition coefficient (Wildman–Crippen LogP) is 4.44. The van der Waals surface area contributed by atoms with E-state index in [4.69, 9.17) is 0 Å². The van der Waals surface area contributed by atoms with Crippen molar-refractivity contribution in [1.82, 2.24) is 4.90 Å². The van der Waals surface area contributed by atoms with Crippen LogP contribution in [0.15, 0.2) is 84.9 Å². The molecule has 3 aromatic carbocycles. The standard InChI is InChI=1S/C24H24N2O2/c1-18(27)26(2)17-19-10-9-15-22(16-19)25-24(28)23(20-11-5-3-6-12-20)21-13-7-4-8-14-21/h3-16,23H,17H2,1-2H3,(H,25,28). The molecule has 0 aliphatic carbocycles. The van der Waals surface area contributed by atoms with E-state index in [9.17, 15) is 9.59 Å². The first kappa shape index (κ1) is 19.4. The highest BCUT2D eigenvalue weighted by molar-refractivity contribution is 5.98. The van der Waals surface area contributed by atoms with Gasteiger partial charge in [0, 0.05) is 26.2 Å². The third kappa shape index (κ3) is 4.86. The number of anilines is 1. The van der Waals surface area contributed by atoms with Crippen molar-refractivity contribution in [2.45, 2.75) is 19.4 Å². The minimum atomic E-state index is -0.397. The molecule has 0 aliphatic rings. The van der Waals surface area contributed by atoms with E-state index >= 15 is 0 Å². The van der Waals surface area contributed by atoms with Gasteiger partial charge in [-0.2, -0.15) is 0 Å². The van der Waals surface area contributed by atoms with Crippen LogP contribution >= 0.6 is 0 Å². The highest BCUT2D eigenvalue weighted by Crippen LogP contribution is 2.26. The maximum atomic E-state index is 13.2. The maximum absolute atomic E-state index is 13.2. The lowest BCUT2D eigenvalue weighted by Gasteiger charge is -2.19. The van der Waals surface area contributed by atoms with E-state index in [0.717, 1.165) is 22.4 Å². The zero-order valence-electron chi connectivity index (χ0n) is 16.1. The van der Waals surface area contributed by atoms with Crippen LogP contribution in [-0.2, 0) is 16.1 Å². The molecule has 4 nitrogen and oxygen atoms in total. The van der Waals surface area contributed by atoms with Crippen molar-refractivity contribution in [2.75, 3.05) is 12.4 Å². The Morgan fingerprint density at radius 3 is 1.96 bits per heavy atom. The van der Waals surface area contributed by atoms with Crippen LogP contribution in [0, 0.1) is 0 Å². The van der Waals surface area contributed by atoms with Crippen molar-refractivity contribution in [1.29, 1.82) is 0 Å². The van der Waals surface area contributed by atoms with Crippen LogP contribution in [0.4, 0.5) is 5.69 Å². The van der Waals surface area contributed by atoms with Gasteiger partial charge in [-0.25, -0.2) is 0 Å². The Morgan fingerprint density at radius 1 is 0.857 bits per heavy atom. The summed E-state index contributed by atoms with van der Waals surface area (Å²) in [7, 11) is 1.76. The van der Waals surface area contributed by atoms with E-state index in [1.165, 1.54) is 6.92 Å². The number of nitrogens with one attached hydrogen (secondary N) is 1. The fraction of sp³-hybridized carbons (Fsp3) is 0.167.